The van der Waals surface area contributed by atoms with Gasteiger partial charge in [-0.1, -0.05) is 181 Å². The van der Waals surface area contributed by atoms with Crippen LogP contribution in [0.4, 0.5) is 0 Å². The van der Waals surface area contributed by atoms with E-state index in [1.165, 1.54) is 122 Å². The van der Waals surface area contributed by atoms with Gasteiger partial charge in [-0.05, 0) is 44.9 Å². The van der Waals surface area contributed by atoms with E-state index in [9.17, 15) is 19.8 Å². The molecular weight excluding hydrogens is 610 g/mol. The number of ether oxygens (including phenoxy) is 1. The molecule has 6 heteroatoms. The summed E-state index contributed by atoms with van der Waals surface area (Å²) in [6.07, 6.45) is 38.4. The maximum Gasteiger partial charge on any atom is 0.306 e. The number of nitrogens with one attached hydrogen (secondary N) is 1. The van der Waals surface area contributed by atoms with Gasteiger partial charge in [-0.25, -0.2) is 0 Å². The summed E-state index contributed by atoms with van der Waals surface area (Å²) in [5.74, 6) is -0.480. The average molecular weight is 694 g/mol. The summed E-state index contributed by atoms with van der Waals surface area (Å²) in [7, 11) is 0. The van der Waals surface area contributed by atoms with Crippen LogP contribution in [0.3, 0.4) is 0 Å². The minimum atomic E-state index is -0.779. The molecule has 0 saturated heterocycles. The summed E-state index contributed by atoms with van der Waals surface area (Å²) in [5, 5.41) is 23.5. The summed E-state index contributed by atoms with van der Waals surface area (Å²) in [6.45, 7) is 6.39. The lowest BCUT2D eigenvalue weighted by atomic mass is 10.0. The molecule has 0 fully saturated rings. The first-order valence-electron chi connectivity index (χ1n) is 21.4. The summed E-state index contributed by atoms with van der Waals surface area (Å²) in [5.41, 5.74) is 0. The maximum atomic E-state index is 13.0. The highest BCUT2D eigenvalue weighted by atomic mass is 16.5. The van der Waals surface area contributed by atoms with Crippen LogP contribution in [-0.4, -0.2) is 46.9 Å². The van der Waals surface area contributed by atoms with Crippen molar-refractivity contribution in [2.75, 3.05) is 6.61 Å². The van der Waals surface area contributed by atoms with Crippen molar-refractivity contribution in [2.45, 2.75) is 244 Å². The van der Waals surface area contributed by atoms with Crippen molar-refractivity contribution in [1.29, 1.82) is 0 Å². The van der Waals surface area contributed by atoms with Gasteiger partial charge in [0.05, 0.1) is 25.2 Å². The first-order chi connectivity index (χ1) is 24.0. The summed E-state index contributed by atoms with van der Waals surface area (Å²) in [6, 6.07) is -0.693. The van der Waals surface area contributed by atoms with Crippen molar-refractivity contribution < 1.29 is 24.5 Å². The van der Waals surface area contributed by atoms with Crippen LogP contribution in [-0.2, 0) is 14.3 Å². The van der Waals surface area contributed by atoms with Gasteiger partial charge in [0.15, 0.2) is 0 Å². The van der Waals surface area contributed by atoms with Crippen LogP contribution >= 0.6 is 0 Å². The number of hydrogen-bond acceptors (Lipinski definition) is 5. The van der Waals surface area contributed by atoms with E-state index in [4.69, 9.17) is 4.74 Å². The number of aliphatic hydroxyl groups excluding tert-OH is 2. The highest BCUT2D eigenvalue weighted by Crippen LogP contribution is 2.17. The Morgan fingerprint density at radius 2 is 1.02 bits per heavy atom. The molecule has 0 bridgehead atoms. The van der Waals surface area contributed by atoms with Crippen molar-refractivity contribution in [3.05, 3.63) is 12.2 Å². The number of allylic oxidation sites excluding steroid dienone is 2. The highest BCUT2D eigenvalue weighted by Gasteiger charge is 2.24. The van der Waals surface area contributed by atoms with Crippen molar-refractivity contribution >= 4 is 11.9 Å². The fourth-order valence-corrected chi connectivity index (χ4v) is 6.55. The largest absolute Gasteiger partial charge is 0.462 e. The van der Waals surface area contributed by atoms with Crippen molar-refractivity contribution in [1.82, 2.24) is 5.32 Å². The second kappa shape index (κ2) is 37.8. The molecule has 1 amide bonds. The minimum absolute atomic E-state index is 0.0796. The Bertz CT molecular complexity index is 742. The van der Waals surface area contributed by atoms with Crippen LogP contribution in [0.5, 0.6) is 0 Å². The van der Waals surface area contributed by atoms with Crippen LogP contribution in [0, 0.1) is 0 Å². The SMILES string of the molecule is CCC/C=C\CCCCCCCC(=O)OC(CCCCCCCCCCCC)CC(=O)NC(CO)C(O)CCCCCCCCCCCC. The number of carbonyl (C=O) groups is 2. The van der Waals surface area contributed by atoms with Gasteiger partial charge in [0.1, 0.15) is 6.10 Å². The van der Waals surface area contributed by atoms with Gasteiger partial charge in [-0.2, -0.15) is 0 Å². The van der Waals surface area contributed by atoms with Crippen molar-refractivity contribution in [2.24, 2.45) is 0 Å². The lowest BCUT2D eigenvalue weighted by molar-refractivity contribution is -0.151. The zero-order valence-corrected chi connectivity index (χ0v) is 32.8. The molecule has 0 rings (SSSR count). The second-order valence-corrected chi connectivity index (χ2v) is 14.7. The lowest BCUT2D eigenvalue weighted by Gasteiger charge is -2.24. The number of hydrogen-bond donors (Lipinski definition) is 3. The first kappa shape index (κ1) is 47.6. The molecule has 3 atom stereocenters. The monoisotopic (exact) mass is 694 g/mol. The van der Waals surface area contributed by atoms with Gasteiger partial charge in [0.25, 0.3) is 0 Å². The highest BCUT2D eigenvalue weighted by molar-refractivity contribution is 5.77. The molecule has 3 unspecified atom stereocenters. The predicted molar refractivity (Wildman–Crippen MR) is 209 cm³/mol. The van der Waals surface area contributed by atoms with Crippen LogP contribution in [0.1, 0.15) is 226 Å². The van der Waals surface area contributed by atoms with Gasteiger partial charge >= 0.3 is 5.97 Å². The van der Waals surface area contributed by atoms with E-state index in [2.05, 4.69) is 38.2 Å². The maximum absolute atomic E-state index is 13.0. The molecule has 0 heterocycles. The number of rotatable bonds is 38. The fourth-order valence-electron chi connectivity index (χ4n) is 6.55. The number of aliphatic hydroxyl groups is 2. The fraction of sp³-hybridized carbons (Fsp3) is 0.907. The van der Waals surface area contributed by atoms with Crippen LogP contribution in [0.15, 0.2) is 12.2 Å². The molecule has 3 N–H and O–H groups in total. The minimum Gasteiger partial charge on any atom is -0.462 e. The van der Waals surface area contributed by atoms with E-state index in [-0.39, 0.29) is 24.9 Å². The number of unbranched alkanes of at least 4 members (excludes halogenated alkanes) is 24. The average Bonchev–Trinajstić information content (AvgIpc) is 3.09. The van der Waals surface area contributed by atoms with Crippen LogP contribution in [0.25, 0.3) is 0 Å². The zero-order valence-electron chi connectivity index (χ0n) is 32.8. The molecule has 0 aromatic heterocycles. The molecule has 290 valence electrons. The van der Waals surface area contributed by atoms with Gasteiger partial charge in [0, 0.05) is 6.42 Å². The summed E-state index contributed by atoms with van der Waals surface area (Å²) < 4.78 is 5.87. The van der Waals surface area contributed by atoms with E-state index in [1.807, 2.05) is 0 Å². The van der Waals surface area contributed by atoms with E-state index in [0.29, 0.717) is 19.3 Å². The van der Waals surface area contributed by atoms with E-state index >= 15 is 0 Å². The van der Waals surface area contributed by atoms with Crippen LogP contribution in [0.2, 0.25) is 0 Å². The van der Waals surface area contributed by atoms with Crippen molar-refractivity contribution in [3.8, 4) is 0 Å². The van der Waals surface area contributed by atoms with Gasteiger partial charge < -0.3 is 20.3 Å². The van der Waals surface area contributed by atoms with Gasteiger partial charge in [0.2, 0.25) is 5.91 Å². The molecule has 0 aromatic rings. The Balaban J connectivity index is 4.57. The molecule has 0 aliphatic heterocycles. The number of amides is 1. The Hall–Kier alpha value is -1.40. The van der Waals surface area contributed by atoms with Gasteiger partial charge in [-0.15, -0.1) is 0 Å². The predicted octanol–water partition coefficient (Wildman–Crippen LogP) is 11.8. The molecule has 0 aliphatic rings. The molecular formula is C43H83NO5. The third kappa shape index (κ3) is 33.5. The lowest BCUT2D eigenvalue weighted by Crippen LogP contribution is -2.46. The molecule has 6 nitrogen and oxygen atoms in total. The van der Waals surface area contributed by atoms with E-state index in [0.717, 1.165) is 57.8 Å². The number of carbonyl (C=O) groups excluding carboxylic acids is 2. The number of esters is 1. The van der Waals surface area contributed by atoms with Crippen molar-refractivity contribution in [3.63, 3.8) is 0 Å². The third-order valence-corrected chi connectivity index (χ3v) is 9.83. The van der Waals surface area contributed by atoms with E-state index in [1.54, 1.807) is 0 Å². The van der Waals surface area contributed by atoms with Gasteiger partial charge in [-0.3, -0.25) is 9.59 Å². The van der Waals surface area contributed by atoms with E-state index < -0.39 is 18.2 Å². The smallest absolute Gasteiger partial charge is 0.306 e. The standard InChI is InChI=1S/C43H83NO5/c1-4-7-10-13-16-19-22-25-28-31-34-39(49-43(48)36-33-30-27-24-21-18-15-12-9-6-3)37-42(47)44-40(38-45)41(46)35-32-29-26-23-20-17-14-11-8-5-2/h12,15,39-41,45-46H,4-11,13-14,16-38H2,1-3H3,(H,44,47)/b15-12-. The quantitative estimate of drug-likeness (QED) is 0.0340. The molecule has 0 spiro atoms. The Morgan fingerprint density at radius 3 is 1.53 bits per heavy atom. The first-order valence-corrected chi connectivity index (χ1v) is 21.4. The molecule has 0 aliphatic carbocycles. The second-order valence-electron chi connectivity index (χ2n) is 14.7. The molecule has 0 aromatic carbocycles. The topological polar surface area (TPSA) is 95.9 Å². The summed E-state index contributed by atoms with van der Waals surface area (Å²) in [4.78, 5) is 25.8. The Labute approximate surface area is 304 Å². The molecule has 0 saturated carbocycles. The zero-order chi connectivity index (χ0) is 36.0. The Morgan fingerprint density at radius 1 is 0.571 bits per heavy atom. The normalized spacial score (nSPS) is 13.5. The molecule has 49 heavy (non-hydrogen) atoms. The third-order valence-electron chi connectivity index (χ3n) is 9.83. The summed E-state index contributed by atoms with van der Waals surface area (Å²) >= 11 is 0. The Kier molecular flexibility index (Phi) is 36.8. The molecule has 0 radical (unpaired) electrons. The van der Waals surface area contributed by atoms with Crippen LogP contribution < -0.4 is 5.32 Å².